The summed E-state index contributed by atoms with van der Waals surface area (Å²) in [6.45, 7) is 1.69. The van der Waals surface area contributed by atoms with E-state index in [9.17, 15) is 13.2 Å². The Morgan fingerprint density at radius 2 is 1.79 bits per heavy atom. The molecule has 1 saturated carbocycles. The number of hydrogen-bond acceptors (Lipinski definition) is 4. The van der Waals surface area contributed by atoms with Crippen molar-refractivity contribution < 1.29 is 17.9 Å². The van der Waals surface area contributed by atoms with Gasteiger partial charge in [-0.1, -0.05) is 30.9 Å². The maximum absolute atomic E-state index is 12.5. The van der Waals surface area contributed by atoms with Crippen LogP contribution >= 0.6 is 11.6 Å². The van der Waals surface area contributed by atoms with Gasteiger partial charge in [0.25, 0.3) is 5.91 Å². The highest BCUT2D eigenvalue weighted by atomic mass is 35.5. The van der Waals surface area contributed by atoms with Crippen LogP contribution in [0, 0.1) is 6.92 Å². The number of amides is 1. The zero-order valence-electron chi connectivity index (χ0n) is 16.3. The van der Waals surface area contributed by atoms with Gasteiger partial charge in [0.1, 0.15) is 5.75 Å². The second kappa shape index (κ2) is 9.61. The van der Waals surface area contributed by atoms with Gasteiger partial charge in [-0.25, -0.2) is 13.1 Å². The Bertz CT molecular complexity index is 955. The van der Waals surface area contributed by atoms with E-state index in [0.29, 0.717) is 16.5 Å². The van der Waals surface area contributed by atoms with Gasteiger partial charge in [-0.2, -0.15) is 0 Å². The minimum Gasteiger partial charge on any atom is -0.483 e. The molecule has 1 aliphatic carbocycles. The lowest BCUT2D eigenvalue weighted by molar-refractivity contribution is -0.118. The number of ether oxygens (including phenoxy) is 1. The highest BCUT2D eigenvalue weighted by molar-refractivity contribution is 7.89. The zero-order valence-corrected chi connectivity index (χ0v) is 17.9. The maximum Gasteiger partial charge on any atom is 0.262 e. The summed E-state index contributed by atoms with van der Waals surface area (Å²) >= 11 is 5.90. The molecule has 2 N–H and O–H groups in total. The van der Waals surface area contributed by atoms with Gasteiger partial charge in [-0.3, -0.25) is 4.79 Å². The van der Waals surface area contributed by atoms with Crippen LogP contribution in [0.3, 0.4) is 0 Å². The van der Waals surface area contributed by atoms with Crippen molar-refractivity contribution in [3.8, 4) is 5.75 Å². The molecule has 1 fully saturated rings. The normalized spacial score (nSPS) is 15.1. The molecule has 0 unspecified atom stereocenters. The predicted molar refractivity (Wildman–Crippen MR) is 114 cm³/mol. The SMILES string of the molecule is Cc1cc(Cl)ccc1OCC(=O)Nc1ccc(S(=O)(=O)NC2CCCCC2)cc1. The van der Waals surface area contributed by atoms with Crippen LogP contribution < -0.4 is 14.8 Å². The number of nitrogens with one attached hydrogen (secondary N) is 2. The van der Waals surface area contributed by atoms with Crippen molar-refractivity contribution in [2.24, 2.45) is 0 Å². The van der Waals surface area contributed by atoms with E-state index in [1.807, 2.05) is 6.92 Å². The highest BCUT2D eigenvalue weighted by Gasteiger charge is 2.21. The second-order valence-electron chi connectivity index (χ2n) is 7.23. The Kier molecular flexibility index (Phi) is 7.16. The van der Waals surface area contributed by atoms with E-state index in [1.165, 1.54) is 12.1 Å². The van der Waals surface area contributed by atoms with Crippen LogP contribution in [0.25, 0.3) is 0 Å². The molecule has 0 aromatic heterocycles. The topological polar surface area (TPSA) is 84.5 Å². The number of rotatable bonds is 7. The molecule has 0 atom stereocenters. The second-order valence-corrected chi connectivity index (χ2v) is 9.38. The molecule has 3 rings (SSSR count). The van der Waals surface area contributed by atoms with Gasteiger partial charge in [-0.05, 0) is 67.8 Å². The number of benzene rings is 2. The monoisotopic (exact) mass is 436 g/mol. The lowest BCUT2D eigenvalue weighted by atomic mass is 9.96. The van der Waals surface area contributed by atoms with Crippen molar-refractivity contribution in [3.63, 3.8) is 0 Å². The molecule has 0 bridgehead atoms. The van der Waals surface area contributed by atoms with Gasteiger partial charge in [-0.15, -0.1) is 0 Å². The molecule has 2 aromatic carbocycles. The number of carbonyl (C=O) groups is 1. The lowest BCUT2D eigenvalue weighted by Crippen LogP contribution is -2.36. The summed E-state index contributed by atoms with van der Waals surface area (Å²) < 4.78 is 33.3. The van der Waals surface area contributed by atoms with Gasteiger partial charge in [0.2, 0.25) is 10.0 Å². The zero-order chi connectivity index (χ0) is 20.9. The molecule has 1 amide bonds. The Labute approximate surface area is 176 Å². The summed E-state index contributed by atoms with van der Waals surface area (Å²) in [4.78, 5) is 12.3. The fourth-order valence-corrected chi connectivity index (χ4v) is 4.87. The Hall–Kier alpha value is -2.09. The molecule has 0 spiro atoms. The molecule has 156 valence electrons. The fourth-order valence-electron chi connectivity index (χ4n) is 3.34. The first kappa shape index (κ1) is 21.6. The summed E-state index contributed by atoms with van der Waals surface area (Å²) in [5.74, 6) is 0.245. The molecular weight excluding hydrogens is 412 g/mol. The third kappa shape index (κ3) is 6.19. The minimum absolute atomic E-state index is 0.00148. The molecule has 0 radical (unpaired) electrons. The van der Waals surface area contributed by atoms with E-state index in [-0.39, 0.29) is 23.5 Å². The smallest absolute Gasteiger partial charge is 0.262 e. The van der Waals surface area contributed by atoms with Gasteiger partial charge in [0.15, 0.2) is 6.61 Å². The number of sulfonamides is 1. The standard InChI is InChI=1S/C21H25ClN2O4S/c1-15-13-16(22)7-12-20(15)28-14-21(25)23-17-8-10-19(11-9-17)29(26,27)24-18-5-3-2-4-6-18/h7-13,18,24H,2-6,14H2,1H3,(H,23,25). The quantitative estimate of drug-likeness (QED) is 0.678. The van der Waals surface area contributed by atoms with Crippen molar-refractivity contribution in [2.45, 2.75) is 50.0 Å². The van der Waals surface area contributed by atoms with Crippen molar-refractivity contribution in [1.29, 1.82) is 0 Å². The number of halogens is 1. The first-order valence-electron chi connectivity index (χ1n) is 9.65. The largest absolute Gasteiger partial charge is 0.483 e. The molecule has 2 aromatic rings. The van der Waals surface area contributed by atoms with Crippen LogP contribution in [0.15, 0.2) is 47.4 Å². The summed E-state index contributed by atoms with van der Waals surface area (Å²) in [6.07, 6.45) is 5.01. The van der Waals surface area contributed by atoms with Crippen LogP contribution in [-0.2, 0) is 14.8 Å². The number of aryl methyl sites for hydroxylation is 1. The number of anilines is 1. The van der Waals surface area contributed by atoms with E-state index in [1.54, 1.807) is 30.3 Å². The van der Waals surface area contributed by atoms with E-state index in [2.05, 4.69) is 10.0 Å². The van der Waals surface area contributed by atoms with Gasteiger partial charge >= 0.3 is 0 Å². The number of carbonyl (C=O) groups excluding carboxylic acids is 1. The molecule has 0 saturated heterocycles. The first-order chi connectivity index (χ1) is 13.8. The Morgan fingerprint density at radius 1 is 1.10 bits per heavy atom. The van der Waals surface area contributed by atoms with E-state index < -0.39 is 10.0 Å². The molecule has 0 heterocycles. The first-order valence-corrected chi connectivity index (χ1v) is 11.5. The molecule has 8 heteroatoms. The van der Waals surface area contributed by atoms with Gasteiger partial charge in [0.05, 0.1) is 4.90 Å². The average Bonchev–Trinajstić information content (AvgIpc) is 2.68. The van der Waals surface area contributed by atoms with Gasteiger partial charge in [0, 0.05) is 16.8 Å². The van der Waals surface area contributed by atoms with E-state index >= 15 is 0 Å². The van der Waals surface area contributed by atoms with Crippen molar-refractivity contribution in [3.05, 3.63) is 53.1 Å². The summed E-state index contributed by atoms with van der Waals surface area (Å²) in [5.41, 5.74) is 1.34. The van der Waals surface area contributed by atoms with Crippen LogP contribution in [0.4, 0.5) is 5.69 Å². The summed E-state index contributed by atoms with van der Waals surface area (Å²) in [5, 5.41) is 3.30. The average molecular weight is 437 g/mol. The Morgan fingerprint density at radius 3 is 2.45 bits per heavy atom. The predicted octanol–water partition coefficient (Wildman–Crippen LogP) is 4.28. The number of hydrogen-bond donors (Lipinski definition) is 2. The summed E-state index contributed by atoms with van der Waals surface area (Å²) in [7, 11) is -3.56. The highest BCUT2D eigenvalue weighted by Crippen LogP contribution is 2.22. The van der Waals surface area contributed by atoms with Crippen LogP contribution in [-0.4, -0.2) is 27.0 Å². The molecule has 29 heavy (non-hydrogen) atoms. The van der Waals surface area contributed by atoms with Crippen molar-refractivity contribution >= 4 is 33.2 Å². The minimum atomic E-state index is -3.56. The van der Waals surface area contributed by atoms with Crippen LogP contribution in [0.1, 0.15) is 37.7 Å². The lowest BCUT2D eigenvalue weighted by Gasteiger charge is -2.22. The maximum atomic E-state index is 12.5. The van der Waals surface area contributed by atoms with Crippen molar-refractivity contribution in [2.75, 3.05) is 11.9 Å². The third-order valence-electron chi connectivity index (χ3n) is 4.87. The van der Waals surface area contributed by atoms with E-state index in [4.69, 9.17) is 16.3 Å². The molecular formula is C21H25ClN2O4S. The molecule has 1 aliphatic rings. The molecule has 6 nitrogen and oxygen atoms in total. The fraction of sp³-hybridized carbons (Fsp3) is 0.381. The van der Waals surface area contributed by atoms with Gasteiger partial charge < -0.3 is 10.1 Å². The van der Waals surface area contributed by atoms with Crippen molar-refractivity contribution in [1.82, 2.24) is 4.72 Å². The summed E-state index contributed by atoms with van der Waals surface area (Å²) in [6, 6.07) is 11.3. The Balaban J connectivity index is 1.54. The third-order valence-corrected chi connectivity index (χ3v) is 6.64. The van der Waals surface area contributed by atoms with Crippen LogP contribution in [0.5, 0.6) is 5.75 Å². The molecule has 0 aliphatic heterocycles. The van der Waals surface area contributed by atoms with Crippen LogP contribution in [0.2, 0.25) is 5.02 Å². The van der Waals surface area contributed by atoms with E-state index in [0.717, 1.165) is 37.7 Å².